The van der Waals surface area contributed by atoms with Gasteiger partial charge in [0.1, 0.15) is 5.75 Å². The molecule has 4 nitrogen and oxygen atoms in total. The third-order valence-corrected chi connectivity index (χ3v) is 3.87. The molecule has 0 saturated heterocycles. The Morgan fingerprint density at radius 1 is 1.00 bits per heavy atom. The second-order valence-electron chi connectivity index (χ2n) is 4.19. The molecule has 0 amide bonds. The van der Waals surface area contributed by atoms with Gasteiger partial charge in [-0.25, -0.2) is 0 Å². The molecule has 2 aromatic rings. The largest absolute Gasteiger partial charge is 1.00 e. The number of nitrogens with zero attached hydrogens (tertiary/aromatic N) is 2. The van der Waals surface area contributed by atoms with E-state index in [0.717, 1.165) is 9.79 Å². The van der Waals surface area contributed by atoms with Gasteiger partial charge in [-0.15, -0.1) is 12.4 Å². The third kappa shape index (κ3) is 6.20. The van der Waals surface area contributed by atoms with Crippen LogP contribution in [0.25, 0.3) is 4.98 Å². The number of benzene rings is 2. The molecule has 8 heteroatoms. The molecule has 0 aliphatic rings. The molecule has 2 aromatic carbocycles. The summed E-state index contributed by atoms with van der Waals surface area (Å²) < 4.78 is 10.5. The van der Waals surface area contributed by atoms with Gasteiger partial charge in [0.15, 0.2) is 4.98 Å². The quantitative estimate of drug-likeness (QED) is 0.557. The summed E-state index contributed by atoms with van der Waals surface area (Å²) in [6, 6.07) is 11.7. The van der Waals surface area contributed by atoms with E-state index in [4.69, 9.17) is 14.9 Å². The number of ether oxygens (including phenoxy) is 2. The van der Waals surface area contributed by atoms with Gasteiger partial charge in [-0.3, -0.25) is 0 Å². The summed E-state index contributed by atoms with van der Waals surface area (Å²) in [6.45, 7) is 2.05. The summed E-state index contributed by atoms with van der Waals surface area (Å²) in [5, 5.41) is 8.96. The number of halogens is 2. The van der Waals surface area contributed by atoms with Crippen LogP contribution in [-0.4, -0.2) is 14.2 Å². The van der Waals surface area contributed by atoms with E-state index in [1.54, 1.807) is 31.0 Å². The minimum absolute atomic E-state index is 0. The van der Waals surface area contributed by atoms with E-state index < -0.39 is 0 Å². The van der Waals surface area contributed by atoms with Crippen LogP contribution in [0.4, 0.5) is 5.69 Å². The van der Waals surface area contributed by atoms with E-state index in [1.165, 1.54) is 12.7 Å². The second kappa shape index (κ2) is 11.5. The van der Waals surface area contributed by atoms with Crippen LogP contribution in [0.5, 0.6) is 11.5 Å². The van der Waals surface area contributed by atoms with E-state index in [1.807, 2.05) is 0 Å². The first-order valence-electron chi connectivity index (χ1n) is 6.03. The minimum atomic E-state index is 0. The summed E-state index contributed by atoms with van der Waals surface area (Å²) in [5.41, 5.74) is 1.56. The molecule has 0 N–H and O–H groups in total. The van der Waals surface area contributed by atoms with E-state index in [0.29, 0.717) is 17.2 Å². The monoisotopic (exact) mass is 422 g/mol. The maximum Gasteiger partial charge on any atom is 0.430 e. The van der Waals surface area contributed by atoms with Crippen molar-refractivity contribution in [2.45, 2.75) is 16.7 Å². The van der Waals surface area contributed by atoms with Crippen LogP contribution in [0.3, 0.4) is 0 Å². The number of diazo groups is 1. The molecule has 0 fully saturated rings. The molecule has 0 saturated carbocycles. The van der Waals surface area contributed by atoms with Gasteiger partial charge in [0.25, 0.3) is 0 Å². The van der Waals surface area contributed by atoms with E-state index in [2.05, 4.69) is 36.2 Å². The van der Waals surface area contributed by atoms with Crippen molar-refractivity contribution in [2.75, 3.05) is 14.2 Å². The average Bonchev–Trinajstić information content (AvgIpc) is 2.49. The van der Waals surface area contributed by atoms with Crippen LogP contribution in [0.1, 0.15) is 5.56 Å². The Kier molecular flexibility index (Phi) is 12.2. The predicted molar refractivity (Wildman–Crippen MR) is 86.8 cm³/mol. The number of rotatable bonds is 4. The smallest absolute Gasteiger partial charge is 0.430 e. The van der Waals surface area contributed by atoms with Gasteiger partial charge in [0, 0.05) is 30.4 Å². The fraction of sp³-hybridized carbons (Fsp3) is 0.200. The first kappa shape index (κ1) is 24.3. The summed E-state index contributed by atoms with van der Waals surface area (Å²) in [5.74, 6) is 1.15. The standard InChI is InChI=1S/C15H15N2O2S.2ClH.Zn/c1-10-4-6-11(7-5-10)20-15-9-13(18-2)12(17-16)8-14(15)19-3;;;/h4-9H,1-3H3;2*1H;/q+1;;;/p-1. The molecule has 0 aliphatic carbocycles. The van der Waals surface area contributed by atoms with Crippen molar-refractivity contribution in [2.24, 2.45) is 0 Å². The molecule has 23 heavy (non-hydrogen) atoms. The van der Waals surface area contributed by atoms with Gasteiger partial charge in [0.05, 0.1) is 25.2 Å². The van der Waals surface area contributed by atoms with Gasteiger partial charge in [-0.1, -0.05) is 29.5 Å². The molecular weight excluding hydrogens is 409 g/mol. The number of methoxy groups -OCH3 is 2. The fourth-order valence-corrected chi connectivity index (χ4v) is 2.68. The summed E-state index contributed by atoms with van der Waals surface area (Å²) in [7, 11) is 3.12. The van der Waals surface area contributed by atoms with E-state index in [9.17, 15) is 0 Å². The third-order valence-electron chi connectivity index (χ3n) is 2.82. The fourth-order valence-electron chi connectivity index (χ4n) is 1.74. The van der Waals surface area contributed by atoms with Crippen molar-refractivity contribution in [1.82, 2.24) is 0 Å². The molecule has 0 bridgehead atoms. The summed E-state index contributed by atoms with van der Waals surface area (Å²) in [6.07, 6.45) is 0. The van der Waals surface area contributed by atoms with E-state index >= 15 is 0 Å². The molecule has 0 aliphatic heterocycles. The van der Waals surface area contributed by atoms with Crippen LogP contribution in [0, 0.1) is 12.3 Å². The second-order valence-corrected chi connectivity index (χ2v) is 5.31. The molecule has 2 rings (SSSR count). The molecule has 0 atom stereocenters. The van der Waals surface area contributed by atoms with Crippen molar-refractivity contribution in [3.05, 3.63) is 46.9 Å². The maximum atomic E-state index is 8.96. The number of hydrogen-bond acceptors (Lipinski definition) is 4. The zero-order valence-corrected chi connectivity index (χ0v) is 18.4. The summed E-state index contributed by atoms with van der Waals surface area (Å²) >= 11 is 1.57. The maximum absolute atomic E-state index is 8.96. The van der Waals surface area contributed by atoms with Crippen molar-refractivity contribution < 1.29 is 41.4 Å². The van der Waals surface area contributed by atoms with Gasteiger partial charge >= 0.3 is 5.69 Å². The van der Waals surface area contributed by atoms with Crippen molar-refractivity contribution in [3.63, 3.8) is 0 Å². The van der Waals surface area contributed by atoms with Crippen LogP contribution < -0.4 is 21.9 Å². The van der Waals surface area contributed by atoms with E-state index in [-0.39, 0.29) is 44.3 Å². The Morgan fingerprint density at radius 2 is 1.57 bits per heavy atom. The van der Waals surface area contributed by atoms with Crippen molar-refractivity contribution in [1.29, 1.82) is 5.39 Å². The minimum Gasteiger partial charge on any atom is -1.00 e. The zero-order chi connectivity index (χ0) is 14.5. The van der Waals surface area contributed by atoms with Crippen LogP contribution in [-0.2, 0) is 19.5 Å². The molecule has 0 spiro atoms. The van der Waals surface area contributed by atoms with Crippen molar-refractivity contribution in [3.8, 4) is 11.5 Å². The number of hydrogen-bond donors (Lipinski definition) is 0. The Balaban J connectivity index is 0. The SMILES string of the molecule is COc1cc(Sc2ccc(C)cc2)c(OC)cc1[N+]#N.Cl.[Cl-].[Zn]. The Morgan fingerprint density at radius 3 is 2.04 bits per heavy atom. The van der Waals surface area contributed by atoms with Gasteiger partial charge in [0.2, 0.25) is 11.1 Å². The molecule has 0 unspecified atom stereocenters. The van der Waals surface area contributed by atoms with Gasteiger partial charge in [-0.05, 0) is 19.1 Å². The Labute approximate surface area is 165 Å². The molecule has 0 aromatic heterocycles. The molecule has 0 heterocycles. The topological polar surface area (TPSA) is 46.6 Å². The summed E-state index contributed by atoms with van der Waals surface area (Å²) in [4.78, 5) is 5.20. The average molecular weight is 425 g/mol. The van der Waals surface area contributed by atoms with Gasteiger partial charge in [-0.2, -0.15) is 0 Å². The Bertz CT molecular complexity index is 664. The molecular formula is C15H16Cl2N2O2SZn. The van der Waals surface area contributed by atoms with Crippen LogP contribution in [0.2, 0.25) is 0 Å². The zero-order valence-electron chi connectivity index (χ0n) is 13.1. The molecule has 0 radical (unpaired) electrons. The number of aryl methyl sites for hydroxylation is 1. The van der Waals surface area contributed by atoms with Gasteiger partial charge < -0.3 is 21.9 Å². The first-order chi connectivity index (χ1) is 9.67. The Hall–Kier alpha value is -0.987. The predicted octanol–water partition coefficient (Wildman–Crippen LogP) is 2.07. The van der Waals surface area contributed by atoms with Crippen LogP contribution in [0.15, 0.2) is 46.2 Å². The van der Waals surface area contributed by atoms with Crippen molar-refractivity contribution >= 4 is 29.9 Å². The first-order valence-corrected chi connectivity index (χ1v) is 6.85. The normalized spacial score (nSPS) is 8.61. The molecule has 120 valence electrons. The van der Waals surface area contributed by atoms with Crippen LogP contribution >= 0.6 is 24.2 Å².